The molecule has 2 heterocycles. The molecule has 0 bridgehead atoms. The lowest BCUT2D eigenvalue weighted by atomic mass is 10.00. The lowest BCUT2D eigenvalue weighted by Crippen LogP contribution is -2.34. The van der Waals surface area contributed by atoms with Crippen LogP contribution >= 0.6 is 0 Å². The number of nitrogens with zero attached hydrogens (tertiary/aromatic N) is 4. The van der Waals surface area contributed by atoms with Crippen molar-refractivity contribution in [3.05, 3.63) is 0 Å². The minimum atomic E-state index is 0.297. The van der Waals surface area contributed by atoms with E-state index in [1.165, 1.54) is 14.2 Å². The molecule has 1 aromatic heterocycles. The van der Waals surface area contributed by atoms with Crippen molar-refractivity contribution in [2.24, 2.45) is 5.92 Å². The Hall–Kier alpha value is -1.59. The molecule has 94 valence electrons. The Morgan fingerprint density at radius 2 is 1.53 bits per heavy atom. The molecule has 0 aromatic carbocycles. The highest BCUT2D eigenvalue weighted by atomic mass is 16.5. The van der Waals surface area contributed by atoms with Gasteiger partial charge < -0.3 is 14.4 Å². The largest absolute Gasteiger partial charge is 0.467 e. The molecule has 0 atom stereocenters. The number of ether oxygens (including phenoxy) is 2. The first-order chi connectivity index (χ1) is 8.22. The van der Waals surface area contributed by atoms with Gasteiger partial charge in [-0.15, -0.1) is 4.98 Å². The summed E-state index contributed by atoms with van der Waals surface area (Å²) in [5, 5.41) is 0. The number of hydrogen-bond donors (Lipinski definition) is 0. The maximum Gasteiger partial charge on any atom is 0.324 e. The third-order valence-electron chi connectivity index (χ3n) is 3.01. The molecule has 1 aliphatic heterocycles. The van der Waals surface area contributed by atoms with Gasteiger partial charge in [0, 0.05) is 13.1 Å². The van der Waals surface area contributed by atoms with Crippen LogP contribution in [-0.4, -0.2) is 42.3 Å². The van der Waals surface area contributed by atoms with Crippen LogP contribution in [0, 0.1) is 5.92 Å². The molecule has 0 aliphatic carbocycles. The number of piperidine rings is 1. The van der Waals surface area contributed by atoms with Crippen molar-refractivity contribution in [2.45, 2.75) is 19.8 Å². The molecule has 1 fully saturated rings. The summed E-state index contributed by atoms with van der Waals surface area (Å²) in [5.74, 6) is 1.41. The molecule has 0 unspecified atom stereocenters. The fourth-order valence-electron chi connectivity index (χ4n) is 1.86. The Labute approximate surface area is 101 Å². The van der Waals surface area contributed by atoms with Crippen LogP contribution in [0.1, 0.15) is 19.8 Å². The highest BCUT2D eigenvalue weighted by molar-refractivity contribution is 5.32. The first-order valence-corrected chi connectivity index (χ1v) is 5.82. The van der Waals surface area contributed by atoms with Crippen LogP contribution in [0.4, 0.5) is 5.95 Å². The van der Waals surface area contributed by atoms with E-state index in [0.29, 0.717) is 18.0 Å². The molecule has 0 saturated carbocycles. The monoisotopic (exact) mass is 238 g/mol. The van der Waals surface area contributed by atoms with Crippen molar-refractivity contribution in [1.82, 2.24) is 15.0 Å². The average molecular weight is 238 g/mol. The zero-order valence-electron chi connectivity index (χ0n) is 10.5. The van der Waals surface area contributed by atoms with Crippen molar-refractivity contribution in [3.63, 3.8) is 0 Å². The maximum absolute atomic E-state index is 5.04. The number of hydrogen-bond acceptors (Lipinski definition) is 6. The van der Waals surface area contributed by atoms with Gasteiger partial charge in [-0.05, 0) is 18.8 Å². The smallest absolute Gasteiger partial charge is 0.324 e. The van der Waals surface area contributed by atoms with Gasteiger partial charge in [-0.25, -0.2) is 0 Å². The normalized spacial score (nSPS) is 17.0. The summed E-state index contributed by atoms with van der Waals surface area (Å²) in [7, 11) is 3.08. The molecule has 0 radical (unpaired) electrons. The van der Waals surface area contributed by atoms with E-state index in [9.17, 15) is 0 Å². The highest BCUT2D eigenvalue weighted by Crippen LogP contribution is 2.22. The Bertz CT molecular complexity index is 355. The summed E-state index contributed by atoms with van der Waals surface area (Å²) in [6, 6.07) is 0.593. The van der Waals surface area contributed by atoms with Crippen LogP contribution < -0.4 is 14.4 Å². The summed E-state index contributed by atoms with van der Waals surface area (Å²) >= 11 is 0. The van der Waals surface area contributed by atoms with Gasteiger partial charge in [0.15, 0.2) is 0 Å². The zero-order chi connectivity index (χ0) is 12.3. The van der Waals surface area contributed by atoms with Crippen LogP contribution in [0.25, 0.3) is 0 Å². The lowest BCUT2D eigenvalue weighted by Gasteiger charge is -2.30. The van der Waals surface area contributed by atoms with Gasteiger partial charge in [0.2, 0.25) is 5.95 Å². The van der Waals surface area contributed by atoms with Gasteiger partial charge in [-0.3, -0.25) is 0 Å². The van der Waals surface area contributed by atoms with Gasteiger partial charge in [0.05, 0.1) is 14.2 Å². The number of methoxy groups -OCH3 is 2. The number of aromatic nitrogens is 3. The summed E-state index contributed by atoms with van der Waals surface area (Å²) in [5.41, 5.74) is 0. The second kappa shape index (κ2) is 5.16. The summed E-state index contributed by atoms with van der Waals surface area (Å²) < 4.78 is 10.1. The molecule has 6 heteroatoms. The molecular weight excluding hydrogens is 220 g/mol. The average Bonchev–Trinajstić information content (AvgIpc) is 2.39. The van der Waals surface area contributed by atoms with Gasteiger partial charge in [0.1, 0.15) is 0 Å². The third-order valence-corrected chi connectivity index (χ3v) is 3.01. The third kappa shape index (κ3) is 2.75. The molecule has 1 aliphatic rings. The Kier molecular flexibility index (Phi) is 3.61. The molecule has 1 aromatic rings. The predicted molar refractivity (Wildman–Crippen MR) is 63.5 cm³/mol. The molecular formula is C11H18N4O2. The standard InChI is InChI=1S/C11H18N4O2/c1-8-4-6-15(7-5-8)9-12-10(16-2)14-11(13-9)17-3/h8H,4-7H2,1-3H3. The second-order valence-electron chi connectivity index (χ2n) is 4.28. The van der Waals surface area contributed by atoms with E-state index in [1.807, 2.05) is 0 Å². The van der Waals surface area contributed by atoms with Crippen LogP contribution in [0.2, 0.25) is 0 Å². The quantitative estimate of drug-likeness (QED) is 0.786. The number of anilines is 1. The van der Waals surface area contributed by atoms with E-state index in [-0.39, 0.29) is 0 Å². The summed E-state index contributed by atoms with van der Waals surface area (Å²) in [6.45, 7) is 4.21. The maximum atomic E-state index is 5.04. The van der Waals surface area contributed by atoms with Gasteiger partial charge >= 0.3 is 12.0 Å². The lowest BCUT2D eigenvalue weighted by molar-refractivity contribution is 0.338. The SMILES string of the molecule is COc1nc(OC)nc(N2CCC(C)CC2)n1. The molecule has 0 amide bonds. The van der Waals surface area contributed by atoms with Gasteiger partial charge in [-0.2, -0.15) is 9.97 Å². The Morgan fingerprint density at radius 1 is 1.00 bits per heavy atom. The molecule has 6 nitrogen and oxygen atoms in total. The molecule has 17 heavy (non-hydrogen) atoms. The topological polar surface area (TPSA) is 60.4 Å². The van der Waals surface area contributed by atoms with E-state index in [4.69, 9.17) is 9.47 Å². The van der Waals surface area contributed by atoms with E-state index >= 15 is 0 Å². The van der Waals surface area contributed by atoms with Crippen LogP contribution in [0.15, 0.2) is 0 Å². The van der Waals surface area contributed by atoms with Crippen LogP contribution in [-0.2, 0) is 0 Å². The van der Waals surface area contributed by atoms with E-state index < -0.39 is 0 Å². The van der Waals surface area contributed by atoms with E-state index in [0.717, 1.165) is 31.8 Å². The Morgan fingerprint density at radius 3 is 2.00 bits per heavy atom. The highest BCUT2D eigenvalue weighted by Gasteiger charge is 2.19. The van der Waals surface area contributed by atoms with Crippen molar-refractivity contribution < 1.29 is 9.47 Å². The predicted octanol–water partition coefficient (Wildman–Crippen LogP) is 1.13. The van der Waals surface area contributed by atoms with E-state index in [1.54, 1.807) is 0 Å². The summed E-state index contributed by atoms with van der Waals surface area (Å²) in [4.78, 5) is 14.6. The van der Waals surface area contributed by atoms with Crippen LogP contribution in [0.5, 0.6) is 12.0 Å². The van der Waals surface area contributed by atoms with Gasteiger partial charge in [-0.1, -0.05) is 6.92 Å². The molecule has 0 spiro atoms. The molecule has 2 rings (SSSR count). The second-order valence-corrected chi connectivity index (χ2v) is 4.28. The molecule has 1 saturated heterocycles. The van der Waals surface area contributed by atoms with E-state index in [2.05, 4.69) is 26.8 Å². The Balaban J connectivity index is 2.19. The minimum Gasteiger partial charge on any atom is -0.467 e. The fourth-order valence-corrected chi connectivity index (χ4v) is 1.86. The van der Waals surface area contributed by atoms with Crippen LogP contribution in [0.3, 0.4) is 0 Å². The minimum absolute atomic E-state index is 0.297. The van der Waals surface area contributed by atoms with Crippen molar-refractivity contribution in [1.29, 1.82) is 0 Å². The first kappa shape index (κ1) is 11.9. The summed E-state index contributed by atoms with van der Waals surface area (Å²) in [6.07, 6.45) is 2.33. The first-order valence-electron chi connectivity index (χ1n) is 5.82. The van der Waals surface area contributed by atoms with Crippen molar-refractivity contribution in [3.8, 4) is 12.0 Å². The van der Waals surface area contributed by atoms with Crippen molar-refractivity contribution in [2.75, 3.05) is 32.2 Å². The molecule has 0 N–H and O–H groups in total. The fraction of sp³-hybridized carbons (Fsp3) is 0.727. The number of rotatable bonds is 3. The van der Waals surface area contributed by atoms with Crippen molar-refractivity contribution >= 4 is 5.95 Å². The zero-order valence-corrected chi connectivity index (χ0v) is 10.5. The van der Waals surface area contributed by atoms with Gasteiger partial charge in [0.25, 0.3) is 0 Å².